The molecule has 3 aromatic carbocycles. The average Bonchev–Trinajstić information content (AvgIpc) is 3.43. The molecule has 1 aliphatic rings. The minimum atomic E-state index is -0.130. The summed E-state index contributed by atoms with van der Waals surface area (Å²) in [6, 6.07) is 24.6. The number of hydrogen-bond donors (Lipinski definition) is 2. The Kier molecular flexibility index (Phi) is 7.05. The minimum absolute atomic E-state index is 0.0375. The highest BCUT2D eigenvalue weighted by Gasteiger charge is 2.20. The van der Waals surface area contributed by atoms with Gasteiger partial charge >= 0.3 is 0 Å². The molecule has 208 valence electrons. The Morgan fingerprint density at radius 1 is 1.00 bits per heavy atom. The smallest absolute Gasteiger partial charge is 0.255 e. The van der Waals surface area contributed by atoms with Gasteiger partial charge in [0.15, 0.2) is 5.69 Å². The van der Waals surface area contributed by atoms with Crippen LogP contribution in [0, 0.1) is 6.92 Å². The fourth-order valence-corrected chi connectivity index (χ4v) is 5.37. The van der Waals surface area contributed by atoms with Gasteiger partial charge < -0.3 is 15.0 Å². The third kappa shape index (κ3) is 5.45. The molecule has 6 rings (SSSR count). The van der Waals surface area contributed by atoms with Gasteiger partial charge in [-0.3, -0.25) is 9.78 Å². The molecule has 2 aromatic heterocycles. The number of carbonyl (C=O) groups is 1. The van der Waals surface area contributed by atoms with Gasteiger partial charge in [-0.15, -0.1) is 4.98 Å². The molecule has 0 bridgehead atoms. The Labute approximate surface area is 240 Å². The van der Waals surface area contributed by atoms with E-state index in [4.69, 9.17) is 9.72 Å². The normalized spacial score (nSPS) is 13.9. The predicted molar refractivity (Wildman–Crippen MR) is 164 cm³/mol. The van der Waals surface area contributed by atoms with Crippen LogP contribution in [0.5, 0.6) is 0 Å². The highest BCUT2D eigenvalue weighted by molar-refractivity contribution is 6.05. The number of morpholine rings is 1. The third-order valence-corrected chi connectivity index (χ3v) is 7.88. The maximum atomic E-state index is 13.1. The lowest BCUT2D eigenvalue weighted by Gasteiger charge is -2.28. The molecule has 7 nitrogen and oxygen atoms in total. The maximum Gasteiger partial charge on any atom is 0.255 e. The first-order chi connectivity index (χ1) is 19.8. The number of aromatic nitrogens is 3. The number of hydrogen-bond acceptors (Lipinski definition) is 4. The number of nitrogens with zero attached hydrogens (tertiary/aromatic N) is 2. The molecule has 0 saturated carbocycles. The molecule has 3 N–H and O–H groups in total. The van der Waals surface area contributed by atoms with Crippen LogP contribution in [0.4, 0.5) is 11.4 Å². The van der Waals surface area contributed by atoms with Crippen molar-refractivity contribution in [3.63, 3.8) is 0 Å². The van der Waals surface area contributed by atoms with Crippen molar-refractivity contribution in [2.45, 2.75) is 33.1 Å². The Balaban J connectivity index is 1.27. The Morgan fingerprint density at radius 3 is 2.44 bits per heavy atom. The van der Waals surface area contributed by atoms with E-state index < -0.39 is 0 Å². The number of ether oxygens (including phenoxy) is 1. The number of carbonyl (C=O) groups excluding carboxylic acids is 1. The number of benzene rings is 3. The van der Waals surface area contributed by atoms with Crippen LogP contribution < -0.4 is 15.2 Å². The molecule has 7 heteroatoms. The van der Waals surface area contributed by atoms with Crippen LogP contribution in [0.2, 0.25) is 0 Å². The SMILES string of the molecule is Cc1c(NC(=O)c2ccc(C(C)(C)C)cc2)cccc1-c1nc[nH+]c2[nH]c(-c3ccc(N4CCOCC4)cc3)cc12. The van der Waals surface area contributed by atoms with Crippen molar-refractivity contribution in [2.75, 3.05) is 36.5 Å². The lowest BCUT2D eigenvalue weighted by molar-refractivity contribution is -0.352. The quantitative estimate of drug-likeness (QED) is 0.267. The van der Waals surface area contributed by atoms with E-state index in [9.17, 15) is 4.79 Å². The lowest BCUT2D eigenvalue weighted by atomic mass is 9.86. The van der Waals surface area contributed by atoms with Crippen LogP contribution in [-0.4, -0.2) is 42.2 Å². The number of anilines is 2. The van der Waals surface area contributed by atoms with E-state index in [1.54, 1.807) is 6.33 Å². The van der Waals surface area contributed by atoms with Crippen LogP contribution in [-0.2, 0) is 10.2 Å². The van der Waals surface area contributed by atoms with Crippen molar-refractivity contribution in [3.05, 3.63) is 95.8 Å². The summed E-state index contributed by atoms with van der Waals surface area (Å²) in [5.74, 6) is -0.130. The second kappa shape index (κ2) is 10.8. The number of fused-ring (bicyclic) bond motifs is 1. The fourth-order valence-electron chi connectivity index (χ4n) is 5.37. The largest absolute Gasteiger partial charge is 0.378 e. The van der Waals surface area contributed by atoms with Crippen molar-refractivity contribution in [3.8, 4) is 22.5 Å². The molecular formula is C34H36N5O2+. The van der Waals surface area contributed by atoms with E-state index in [1.807, 2.05) is 43.3 Å². The van der Waals surface area contributed by atoms with Gasteiger partial charge in [0.2, 0.25) is 12.0 Å². The monoisotopic (exact) mass is 546 g/mol. The van der Waals surface area contributed by atoms with Crippen LogP contribution >= 0.6 is 0 Å². The summed E-state index contributed by atoms with van der Waals surface area (Å²) in [5, 5.41) is 4.10. The van der Waals surface area contributed by atoms with Gasteiger partial charge in [0.05, 0.1) is 18.6 Å². The molecule has 0 unspecified atom stereocenters. The van der Waals surface area contributed by atoms with Gasteiger partial charge in [-0.2, -0.15) is 0 Å². The zero-order valence-electron chi connectivity index (χ0n) is 24.0. The van der Waals surface area contributed by atoms with E-state index in [-0.39, 0.29) is 11.3 Å². The highest BCUT2D eigenvalue weighted by Crippen LogP contribution is 2.34. The molecule has 1 fully saturated rings. The second-order valence-electron chi connectivity index (χ2n) is 11.6. The summed E-state index contributed by atoms with van der Waals surface area (Å²) in [6.07, 6.45) is 1.71. The molecule has 3 heterocycles. The van der Waals surface area contributed by atoms with Gasteiger partial charge in [0.1, 0.15) is 5.69 Å². The first kappa shape index (κ1) is 26.7. The van der Waals surface area contributed by atoms with Crippen LogP contribution in [0.3, 0.4) is 0 Å². The van der Waals surface area contributed by atoms with Crippen molar-refractivity contribution in [2.24, 2.45) is 0 Å². The zero-order valence-corrected chi connectivity index (χ0v) is 24.0. The molecule has 1 aliphatic heterocycles. The fraction of sp³-hybridized carbons (Fsp3) is 0.265. The van der Waals surface area contributed by atoms with Crippen LogP contribution in [0.1, 0.15) is 42.3 Å². The molecule has 0 atom stereocenters. The van der Waals surface area contributed by atoms with Crippen molar-refractivity contribution < 1.29 is 14.5 Å². The van der Waals surface area contributed by atoms with Gasteiger partial charge in [-0.1, -0.05) is 45.0 Å². The van der Waals surface area contributed by atoms with E-state index in [1.165, 1.54) is 11.3 Å². The molecule has 41 heavy (non-hydrogen) atoms. The molecular weight excluding hydrogens is 510 g/mol. The number of H-pyrrole nitrogens is 2. The predicted octanol–water partition coefficient (Wildman–Crippen LogP) is 6.41. The van der Waals surface area contributed by atoms with Gasteiger partial charge in [-0.25, -0.2) is 4.98 Å². The van der Waals surface area contributed by atoms with Crippen molar-refractivity contribution in [1.29, 1.82) is 0 Å². The molecule has 1 saturated heterocycles. The topological polar surface area (TPSA) is 84.4 Å². The summed E-state index contributed by atoms with van der Waals surface area (Å²) in [7, 11) is 0. The van der Waals surface area contributed by atoms with E-state index in [0.717, 1.165) is 71.1 Å². The van der Waals surface area contributed by atoms with Crippen molar-refractivity contribution >= 4 is 28.3 Å². The van der Waals surface area contributed by atoms with Crippen molar-refractivity contribution in [1.82, 2.24) is 9.97 Å². The number of nitrogens with one attached hydrogen (secondary N) is 3. The minimum Gasteiger partial charge on any atom is -0.378 e. The number of rotatable bonds is 5. The van der Waals surface area contributed by atoms with E-state index >= 15 is 0 Å². The van der Waals surface area contributed by atoms with Gasteiger partial charge in [0.25, 0.3) is 5.91 Å². The summed E-state index contributed by atoms with van der Waals surface area (Å²) in [4.78, 5) is 27.0. The van der Waals surface area contributed by atoms with Crippen LogP contribution in [0.15, 0.2) is 79.1 Å². The Hall–Kier alpha value is -4.49. The molecule has 0 aliphatic carbocycles. The molecule has 0 radical (unpaired) electrons. The second-order valence-corrected chi connectivity index (χ2v) is 11.6. The Morgan fingerprint density at radius 2 is 1.73 bits per heavy atom. The third-order valence-electron chi connectivity index (χ3n) is 7.88. The summed E-state index contributed by atoms with van der Waals surface area (Å²) < 4.78 is 5.49. The number of aromatic amines is 2. The summed E-state index contributed by atoms with van der Waals surface area (Å²) >= 11 is 0. The maximum absolute atomic E-state index is 13.1. The molecule has 0 spiro atoms. The lowest BCUT2D eigenvalue weighted by Crippen LogP contribution is -2.36. The van der Waals surface area contributed by atoms with E-state index in [2.05, 4.69) is 77.4 Å². The zero-order chi connectivity index (χ0) is 28.6. The molecule has 1 amide bonds. The molecule has 5 aromatic rings. The Bertz CT molecular complexity index is 1690. The summed E-state index contributed by atoms with van der Waals surface area (Å²) in [5.41, 5.74) is 9.65. The van der Waals surface area contributed by atoms with Crippen LogP contribution in [0.25, 0.3) is 33.5 Å². The van der Waals surface area contributed by atoms with Gasteiger partial charge in [-0.05, 0) is 72.0 Å². The standard InChI is InChI=1S/C34H35N5O2/c1-22-27(6-5-7-29(22)38-33(40)24-8-12-25(13-9-24)34(2,3)4)31-28-20-30(37-32(28)36-21-35-31)23-10-14-26(15-11-23)39-16-18-41-19-17-39/h5-15,20-21H,16-19H2,1-4H3,(H,38,40)(H,35,36,37)/p+1. The first-order valence-electron chi connectivity index (χ1n) is 14.1. The van der Waals surface area contributed by atoms with E-state index in [0.29, 0.717) is 5.56 Å². The number of amides is 1. The first-order valence-corrected chi connectivity index (χ1v) is 14.1. The van der Waals surface area contributed by atoms with Gasteiger partial charge in [0, 0.05) is 41.2 Å². The highest BCUT2D eigenvalue weighted by atomic mass is 16.5. The average molecular weight is 547 g/mol. The summed E-state index contributed by atoms with van der Waals surface area (Å²) in [6.45, 7) is 11.9.